The Morgan fingerprint density at radius 3 is 2.74 bits per heavy atom. The molecule has 0 spiro atoms. The van der Waals surface area contributed by atoms with Gasteiger partial charge in [0.15, 0.2) is 6.61 Å². The van der Waals surface area contributed by atoms with E-state index in [9.17, 15) is 18.4 Å². The highest BCUT2D eigenvalue weighted by atomic mass is 32.2. The van der Waals surface area contributed by atoms with Gasteiger partial charge in [-0.1, -0.05) is 5.92 Å². The predicted molar refractivity (Wildman–Crippen MR) is 82.3 cm³/mol. The number of amides is 2. The largest absolute Gasteiger partial charge is 0.755 e. The van der Waals surface area contributed by atoms with Gasteiger partial charge in [-0.15, -0.1) is 6.42 Å². The summed E-state index contributed by atoms with van der Waals surface area (Å²) in [6.45, 7) is -0.582. The van der Waals surface area contributed by atoms with Gasteiger partial charge in [-0.3, -0.25) is 9.00 Å². The molecule has 1 atom stereocenters. The Balaban J connectivity index is 3.08. The number of benzene rings is 1. The predicted octanol–water partition coefficient (Wildman–Crippen LogP) is -0.0373. The van der Waals surface area contributed by atoms with Crippen LogP contribution in [0.15, 0.2) is 18.2 Å². The second kappa shape index (κ2) is 8.62. The van der Waals surface area contributed by atoms with Crippen LogP contribution in [-0.4, -0.2) is 41.0 Å². The fourth-order valence-corrected chi connectivity index (χ4v) is 2.11. The van der Waals surface area contributed by atoms with E-state index in [0.717, 1.165) is 0 Å². The van der Waals surface area contributed by atoms with Gasteiger partial charge in [-0.05, 0) is 12.1 Å². The molecule has 0 aliphatic heterocycles. The molecule has 0 saturated heterocycles. The van der Waals surface area contributed by atoms with Crippen molar-refractivity contribution < 1.29 is 27.8 Å². The lowest BCUT2D eigenvalue weighted by Gasteiger charge is -2.25. The summed E-state index contributed by atoms with van der Waals surface area (Å²) >= 11 is -2.93. The average Bonchev–Trinajstić information content (AvgIpc) is 2.51. The van der Waals surface area contributed by atoms with Crippen molar-refractivity contribution in [3.63, 3.8) is 0 Å². The molecule has 0 saturated carbocycles. The standard InChI is InChI=1S/C13H15N3O6S/c1-3-6-15-10-5-4-9(7-11(10)21-2)16(23(19)20)12(17)8-22-13(14)18/h1,4-5,7,15H,6,8H2,2H3,(H2,14,18)(H,19,20)/p-1. The van der Waals surface area contributed by atoms with Crippen LogP contribution in [0.3, 0.4) is 0 Å². The first-order chi connectivity index (χ1) is 10.9. The first-order valence-corrected chi connectivity index (χ1v) is 7.13. The lowest BCUT2D eigenvalue weighted by molar-refractivity contribution is -0.120. The Morgan fingerprint density at radius 2 is 2.22 bits per heavy atom. The van der Waals surface area contributed by atoms with Crippen LogP contribution in [0.25, 0.3) is 0 Å². The number of nitrogens with zero attached hydrogens (tertiary/aromatic N) is 1. The quantitative estimate of drug-likeness (QED) is 0.525. The van der Waals surface area contributed by atoms with Crippen molar-refractivity contribution in [3.8, 4) is 18.1 Å². The third-order valence-electron chi connectivity index (χ3n) is 2.51. The fourth-order valence-electron chi connectivity index (χ4n) is 1.60. The molecule has 10 heteroatoms. The number of carbonyl (C=O) groups excluding carboxylic acids is 2. The van der Waals surface area contributed by atoms with Gasteiger partial charge < -0.3 is 25.1 Å². The van der Waals surface area contributed by atoms with E-state index in [2.05, 4.69) is 16.0 Å². The number of terminal acetylenes is 1. The van der Waals surface area contributed by atoms with Crippen LogP contribution in [0, 0.1) is 12.3 Å². The molecule has 1 rings (SSSR count). The molecule has 124 valence electrons. The normalized spacial score (nSPS) is 11.0. The zero-order valence-corrected chi connectivity index (χ0v) is 12.9. The number of hydrogen-bond donors (Lipinski definition) is 2. The summed E-state index contributed by atoms with van der Waals surface area (Å²) in [5, 5.41) is 2.87. The summed E-state index contributed by atoms with van der Waals surface area (Å²) in [6.07, 6.45) is 3.95. The third kappa shape index (κ3) is 5.17. The van der Waals surface area contributed by atoms with Gasteiger partial charge in [0, 0.05) is 6.07 Å². The van der Waals surface area contributed by atoms with Crippen molar-refractivity contribution in [3.05, 3.63) is 18.2 Å². The Hall–Kier alpha value is -2.77. The summed E-state index contributed by atoms with van der Waals surface area (Å²) in [5.41, 5.74) is 5.26. The van der Waals surface area contributed by atoms with Crippen LogP contribution in [-0.2, 0) is 20.8 Å². The number of nitrogens with two attached hydrogens (primary N) is 1. The van der Waals surface area contributed by atoms with E-state index < -0.39 is 29.9 Å². The second-order valence-electron chi connectivity index (χ2n) is 3.96. The first kappa shape index (κ1) is 18.3. The molecule has 0 aromatic heterocycles. The number of ether oxygens (including phenoxy) is 2. The molecule has 2 amide bonds. The minimum absolute atomic E-state index is 0.000452. The summed E-state index contributed by atoms with van der Waals surface area (Å²) in [4.78, 5) is 22.4. The number of anilines is 2. The molecule has 9 nitrogen and oxygen atoms in total. The van der Waals surface area contributed by atoms with Gasteiger partial charge >= 0.3 is 6.09 Å². The summed E-state index contributed by atoms with van der Waals surface area (Å²) in [5.74, 6) is 1.66. The van der Waals surface area contributed by atoms with Crippen LogP contribution in [0.5, 0.6) is 5.75 Å². The number of carbonyl (C=O) groups is 2. The third-order valence-corrected chi connectivity index (χ3v) is 3.23. The highest BCUT2D eigenvalue weighted by molar-refractivity contribution is 7.81. The summed E-state index contributed by atoms with van der Waals surface area (Å²) in [7, 11) is 1.37. The van der Waals surface area contributed by atoms with Gasteiger partial charge in [0.25, 0.3) is 5.91 Å². The lowest BCUT2D eigenvalue weighted by atomic mass is 10.2. The molecule has 1 unspecified atom stereocenters. The van der Waals surface area contributed by atoms with Gasteiger partial charge in [-0.25, -0.2) is 9.10 Å². The van der Waals surface area contributed by atoms with Crippen LogP contribution < -0.4 is 20.1 Å². The van der Waals surface area contributed by atoms with Crippen molar-refractivity contribution in [1.29, 1.82) is 0 Å². The zero-order chi connectivity index (χ0) is 17.4. The Bertz CT molecular complexity index is 658. The monoisotopic (exact) mass is 340 g/mol. The maximum atomic E-state index is 11.9. The highest BCUT2D eigenvalue weighted by Crippen LogP contribution is 2.30. The van der Waals surface area contributed by atoms with Crippen LogP contribution in [0.4, 0.5) is 16.2 Å². The van der Waals surface area contributed by atoms with Crippen molar-refractivity contribution in [2.24, 2.45) is 5.73 Å². The molecule has 1 aromatic rings. The Morgan fingerprint density at radius 1 is 1.52 bits per heavy atom. The molecule has 0 heterocycles. The van der Waals surface area contributed by atoms with E-state index in [-0.39, 0.29) is 18.0 Å². The zero-order valence-electron chi connectivity index (χ0n) is 12.1. The number of nitrogens with one attached hydrogen (secondary N) is 1. The average molecular weight is 340 g/mol. The SMILES string of the molecule is C#CCNc1ccc(N(C(=O)COC(N)=O)S(=O)[O-])cc1OC. The van der Waals surface area contributed by atoms with E-state index in [4.69, 9.17) is 16.9 Å². The van der Waals surface area contributed by atoms with Gasteiger partial charge in [0.2, 0.25) is 0 Å². The molecule has 0 fully saturated rings. The molecular weight excluding hydrogens is 326 g/mol. The highest BCUT2D eigenvalue weighted by Gasteiger charge is 2.19. The molecule has 0 radical (unpaired) electrons. The second-order valence-corrected chi connectivity index (χ2v) is 4.75. The van der Waals surface area contributed by atoms with Crippen LogP contribution >= 0.6 is 0 Å². The van der Waals surface area contributed by atoms with Crippen molar-refractivity contribution in [1.82, 2.24) is 0 Å². The maximum Gasteiger partial charge on any atom is 0.405 e. The van der Waals surface area contributed by atoms with Gasteiger partial charge in [0.1, 0.15) is 5.75 Å². The fraction of sp³-hybridized carbons (Fsp3) is 0.231. The first-order valence-electron chi connectivity index (χ1n) is 6.10. The smallest absolute Gasteiger partial charge is 0.405 e. The van der Waals surface area contributed by atoms with Gasteiger partial charge in [-0.2, -0.15) is 0 Å². The van der Waals surface area contributed by atoms with E-state index in [0.29, 0.717) is 9.99 Å². The molecule has 23 heavy (non-hydrogen) atoms. The minimum Gasteiger partial charge on any atom is -0.755 e. The summed E-state index contributed by atoms with van der Waals surface area (Å²) < 4.78 is 32.4. The molecule has 0 aliphatic rings. The molecule has 0 aliphatic carbocycles. The maximum absolute atomic E-state index is 11.9. The van der Waals surface area contributed by atoms with E-state index in [1.165, 1.54) is 25.3 Å². The summed E-state index contributed by atoms with van der Waals surface area (Å²) in [6, 6.07) is 4.17. The van der Waals surface area contributed by atoms with E-state index >= 15 is 0 Å². The molecule has 1 aromatic carbocycles. The van der Waals surface area contributed by atoms with Crippen LogP contribution in [0.2, 0.25) is 0 Å². The van der Waals surface area contributed by atoms with E-state index in [1.807, 2.05) is 0 Å². The lowest BCUT2D eigenvalue weighted by Crippen LogP contribution is -2.36. The number of primary amides is 1. The topological polar surface area (TPSA) is 134 Å². The minimum atomic E-state index is -2.93. The molecule has 0 bridgehead atoms. The van der Waals surface area contributed by atoms with Crippen molar-refractivity contribution in [2.75, 3.05) is 29.9 Å². The number of methoxy groups -OCH3 is 1. The molecular formula is C13H14N3O6S-. The van der Waals surface area contributed by atoms with Crippen molar-refractivity contribution in [2.45, 2.75) is 0 Å². The Labute approximate surface area is 135 Å². The molecule has 3 N–H and O–H groups in total. The van der Waals surface area contributed by atoms with Crippen LogP contribution in [0.1, 0.15) is 0 Å². The Kier molecular flexibility index (Phi) is 6.85. The van der Waals surface area contributed by atoms with Crippen molar-refractivity contribution >= 4 is 34.6 Å². The number of hydrogen-bond acceptors (Lipinski definition) is 7. The number of rotatable bonds is 7. The van der Waals surface area contributed by atoms with E-state index in [1.54, 1.807) is 0 Å². The van der Waals surface area contributed by atoms with Gasteiger partial charge in [0.05, 0.1) is 36.3 Å².